The van der Waals surface area contributed by atoms with Gasteiger partial charge < -0.3 is 10.4 Å². The lowest BCUT2D eigenvalue weighted by atomic mass is 10.1. The Hall–Kier alpha value is -0.570. The van der Waals surface area contributed by atoms with E-state index >= 15 is 0 Å². The molecule has 0 bridgehead atoms. The maximum absolute atomic E-state index is 9.77. The van der Waals surface area contributed by atoms with Crippen molar-refractivity contribution in [2.45, 2.75) is 18.9 Å². The van der Waals surface area contributed by atoms with Crippen molar-refractivity contribution >= 4 is 11.6 Å². The Balaban J connectivity index is 2.43. The van der Waals surface area contributed by atoms with Crippen LogP contribution in [0.3, 0.4) is 0 Å². The fourth-order valence-corrected chi connectivity index (χ4v) is 1.45. The maximum Gasteiger partial charge on any atom is 0.0790 e. The third-order valence-electron chi connectivity index (χ3n) is 2.16. The molecule has 0 saturated carbocycles. The van der Waals surface area contributed by atoms with Gasteiger partial charge in [0.25, 0.3) is 0 Å². The van der Waals surface area contributed by atoms with Gasteiger partial charge in [0.05, 0.1) is 6.10 Å². The maximum atomic E-state index is 9.77. The van der Waals surface area contributed by atoms with Crippen LogP contribution in [-0.2, 0) is 0 Å². The summed E-state index contributed by atoms with van der Waals surface area (Å²) in [6.45, 7) is 0.935. The van der Waals surface area contributed by atoms with Gasteiger partial charge in [0.1, 0.15) is 0 Å². The first kappa shape index (κ1) is 11.5. The Bertz CT molecular complexity index is 260. The summed E-state index contributed by atoms with van der Waals surface area (Å²) in [5, 5.41) is 13.5. The number of aliphatic hydroxyl groups excluding tert-OH is 1. The first-order valence-corrected chi connectivity index (χ1v) is 5.20. The lowest BCUT2D eigenvalue weighted by molar-refractivity contribution is 0.164. The quantitative estimate of drug-likeness (QED) is 0.737. The summed E-state index contributed by atoms with van der Waals surface area (Å²) in [6, 6.07) is 7.34. The number of benzene rings is 1. The first-order valence-electron chi connectivity index (χ1n) is 4.82. The third-order valence-corrected chi connectivity index (χ3v) is 2.41. The van der Waals surface area contributed by atoms with Crippen LogP contribution in [0.1, 0.15) is 24.5 Å². The number of hydrogen-bond acceptors (Lipinski definition) is 2. The van der Waals surface area contributed by atoms with Crippen LogP contribution in [0.2, 0.25) is 5.02 Å². The van der Waals surface area contributed by atoms with Crippen molar-refractivity contribution in [3.63, 3.8) is 0 Å². The molecule has 0 aliphatic carbocycles. The van der Waals surface area contributed by atoms with Gasteiger partial charge in [-0.15, -0.1) is 0 Å². The average Bonchev–Trinajstić information content (AvgIpc) is 2.19. The standard InChI is InChI=1S/C11H16ClNO/c1-13-8-2-3-11(14)9-4-6-10(12)7-5-9/h4-7,11,13-14H,2-3,8H2,1H3. The summed E-state index contributed by atoms with van der Waals surface area (Å²) in [5.74, 6) is 0. The molecular formula is C11H16ClNO. The molecule has 0 amide bonds. The molecule has 0 heterocycles. The Labute approximate surface area is 89.9 Å². The molecule has 0 spiro atoms. The summed E-state index contributed by atoms with van der Waals surface area (Å²) in [5.41, 5.74) is 0.936. The van der Waals surface area contributed by atoms with Crippen LogP contribution in [0.5, 0.6) is 0 Å². The minimum absolute atomic E-state index is 0.374. The van der Waals surface area contributed by atoms with Crippen LogP contribution in [0, 0.1) is 0 Å². The molecule has 0 radical (unpaired) electrons. The zero-order valence-corrected chi connectivity index (χ0v) is 9.09. The number of nitrogens with one attached hydrogen (secondary N) is 1. The van der Waals surface area contributed by atoms with Crippen molar-refractivity contribution in [2.75, 3.05) is 13.6 Å². The first-order chi connectivity index (χ1) is 6.74. The van der Waals surface area contributed by atoms with E-state index in [1.165, 1.54) is 0 Å². The number of aliphatic hydroxyl groups is 1. The van der Waals surface area contributed by atoms with Gasteiger partial charge in [0, 0.05) is 5.02 Å². The highest BCUT2D eigenvalue weighted by molar-refractivity contribution is 6.30. The van der Waals surface area contributed by atoms with Gasteiger partial charge in [0.2, 0.25) is 0 Å². The Morgan fingerprint density at radius 1 is 1.36 bits per heavy atom. The van der Waals surface area contributed by atoms with E-state index in [1.807, 2.05) is 19.2 Å². The lowest BCUT2D eigenvalue weighted by Gasteiger charge is -2.10. The molecule has 0 saturated heterocycles. The summed E-state index contributed by atoms with van der Waals surface area (Å²) in [4.78, 5) is 0. The van der Waals surface area contributed by atoms with Crippen LogP contribution in [0.25, 0.3) is 0 Å². The minimum atomic E-state index is -0.374. The monoisotopic (exact) mass is 213 g/mol. The second-order valence-electron chi connectivity index (χ2n) is 3.31. The SMILES string of the molecule is CNCCCC(O)c1ccc(Cl)cc1. The molecule has 2 nitrogen and oxygen atoms in total. The molecular weight excluding hydrogens is 198 g/mol. The van der Waals surface area contributed by atoms with E-state index in [0.29, 0.717) is 5.02 Å². The molecule has 1 atom stereocenters. The molecule has 0 aromatic heterocycles. The fraction of sp³-hybridized carbons (Fsp3) is 0.455. The largest absolute Gasteiger partial charge is 0.388 e. The molecule has 0 aliphatic heterocycles. The van der Waals surface area contributed by atoms with Crippen LogP contribution in [0.15, 0.2) is 24.3 Å². The summed E-state index contributed by atoms with van der Waals surface area (Å²) in [7, 11) is 1.91. The average molecular weight is 214 g/mol. The summed E-state index contributed by atoms with van der Waals surface area (Å²) in [6.07, 6.45) is 1.38. The van der Waals surface area contributed by atoms with Gasteiger partial charge in [-0.3, -0.25) is 0 Å². The van der Waals surface area contributed by atoms with Gasteiger partial charge in [0.15, 0.2) is 0 Å². The van der Waals surface area contributed by atoms with Gasteiger partial charge in [-0.25, -0.2) is 0 Å². The number of halogens is 1. The van der Waals surface area contributed by atoms with E-state index in [0.717, 1.165) is 24.9 Å². The molecule has 3 heteroatoms. The molecule has 2 N–H and O–H groups in total. The minimum Gasteiger partial charge on any atom is -0.388 e. The zero-order valence-electron chi connectivity index (χ0n) is 8.33. The normalized spacial score (nSPS) is 12.8. The molecule has 0 fully saturated rings. The van der Waals surface area contributed by atoms with Gasteiger partial charge in [-0.1, -0.05) is 23.7 Å². The predicted octanol–water partition coefficient (Wildman–Crippen LogP) is 2.37. The second-order valence-corrected chi connectivity index (χ2v) is 3.75. The smallest absolute Gasteiger partial charge is 0.0790 e. The fourth-order valence-electron chi connectivity index (χ4n) is 1.32. The van der Waals surface area contributed by atoms with Crippen molar-refractivity contribution in [1.82, 2.24) is 5.32 Å². The highest BCUT2D eigenvalue weighted by atomic mass is 35.5. The van der Waals surface area contributed by atoms with Crippen LogP contribution >= 0.6 is 11.6 Å². The van der Waals surface area contributed by atoms with E-state index in [1.54, 1.807) is 12.1 Å². The van der Waals surface area contributed by atoms with E-state index in [4.69, 9.17) is 11.6 Å². The van der Waals surface area contributed by atoms with Crippen molar-refractivity contribution in [3.05, 3.63) is 34.9 Å². The molecule has 0 aliphatic rings. The van der Waals surface area contributed by atoms with Gasteiger partial charge in [-0.2, -0.15) is 0 Å². The van der Waals surface area contributed by atoms with Crippen LogP contribution < -0.4 is 5.32 Å². The van der Waals surface area contributed by atoms with Gasteiger partial charge >= 0.3 is 0 Å². The molecule has 1 rings (SSSR count). The Kier molecular flexibility index (Phi) is 4.94. The summed E-state index contributed by atoms with van der Waals surface area (Å²) >= 11 is 5.75. The molecule has 1 aromatic rings. The zero-order chi connectivity index (χ0) is 10.4. The Morgan fingerprint density at radius 3 is 2.57 bits per heavy atom. The third kappa shape index (κ3) is 3.66. The lowest BCUT2D eigenvalue weighted by Crippen LogP contribution is -2.09. The number of hydrogen-bond donors (Lipinski definition) is 2. The number of rotatable bonds is 5. The highest BCUT2D eigenvalue weighted by Crippen LogP contribution is 2.19. The molecule has 1 unspecified atom stereocenters. The van der Waals surface area contributed by atoms with Crippen molar-refractivity contribution in [3.8, 4) is 0 Å². The van der Waals surface area contributed by atoms with Crippen LogP contribution in [0.4, 0.5) is 0 Å². The van der Waals surface area contributed by atoms with E-state index in [9.17, 15) is 5.11 Å². The van der Waals surface area contributed by atoms with Crippen molar-refractivity contribution in [1.29, 1.82) is 0 Å². The van der Waals surface area contributed by atoms with E-state index in [-0.39, 0.29) is 6.10 Å². The topological polar surface area (TPSA) is 32.3 Å². The van der Waals surface area contributed by atoms with Crippen molar-refractivity contribution in [2.24, 2.45) is 0 Å². The van der Waals surface area contributed by atoms with E-state index in [2.05, 4.69) is 5.32 Å². The van der Waals surface area contributed by atoms with E-state index < -0.39 is 0 Å². The molecule has 14 heavy (non-hydrogen) atoms. The molecule has 78 valence electrons. The van der Waals surface area contributed by atoms with Gasteiger partial charge in [-0.05, 0) is 44.1 Å². The molecule has 1 aromatic carbocycles. The highest BCUT2D eigenvalue weighted by Gasteiger charge is 2.05. The second kappa shape index (κ2) is 6.02. The van der Waals surface area contributed by atoms with Crippen molar-refractivity contribution < 1.29 is 5.11 Å². The predicted molar refractivity (Wildman–Crippen MR) is 59.6 cm³/mol. The van der Waals surface area contributed by atoms with Crippen LogP contribution in [-0.4, -0.2) is 18.7 Å². The summed E-state index contributed by atoms with van der Waals surface area (Å²) < 4.78 is 0. The Morgan fingerprint density at radius 2 is 2.00 bits per heavy atom.